The Morgan fingerprint density at radius 2 is 2.08 bits per heavy atom. The summed E-state index contributed by atoms with van der Waals surface area (Å²) in [4.78, 5) is 10.1. The number of halogens is 3. The minimum Gasteiger partial charge on any atom is -0.480 e. The molecule has 78 valence electrons. The second-order valence-corrected chi connectivity index (χ2v) is 2.38. The zero-order valence-corrected chi connectivity index (χ0v) is 6.67. The maximum Gasteiger partial charge on any atom is 0.522 e. The first-order chi connectivity index (χ1) is 5.83. The Morgan fingerprint density at radius 3 is 2.46 bits per heavy atom. The molecule has 0 saturated heterocycles. The van der Waals surface area contributed by atoms with Gasteiger partial charge in [-0.3, -0.25) is 9.53 Å². The van der Waals surface area contributed by atoms with E-state index in [1.807, 2.05) is 0 Å². The predicted molar refractivity (Wildman–Crippen MR) is 36.9 cm³/mol. The van der Waals surface area contributed by atoms with Crippen molar-refractivity contribution in [3.05, 3.63) is 0 Å². The van der Waals surface area contributed by atoms with Crippen molar-refractivity contribution >= 4 is 5.97 Å². The fraction of sp³-hybridized carbons (Fsp3) is 0.833. The minimum absolute atomic E-state index is 0.0347. The van der Waals surface area contributed by atoms with Crippen molar-refractivity contribution in [1.82, 2.24) is 0 Å². The van der Waals surface area contributed by atoms with Crippen molar-refractivity contribution in [3.8, 4) is 0 Å². The molecule has 0 rings (SSSR count). The molecule has 0 aromatic rings. The van der Waals surface area contributed by atoms with Gasteiger partial charge in [0.2, 0.25) is 0 Å². The maximum atomic E-state index is 11.4. The van der Waals surface area contributed by atoms with E-state index >= 15 is 0 Å². The summed E-state index contributed by atoms with van der Waals surface area (Å²) in [5.74, 6) is -1.23. The average molecular weight is 201 g/mol. The smallest absolute Gasteiger partial charge is 0.480 e. The summed E-state index contributed by atoms with van der Waals surface area (Å²) in [6.07, 6.45) is -4.73. The van der Waals surface area contributed by atoms with Gasteiger partial charge in [-0.2, -0.15) is 0 Å². The van der Waals surface area contributed by atoms with Gasteiger partial charge in [-0.1, -0.05) is 0 Å². The highest BCUT2D eigenvalue weighted by Crippen LogP contribution is 2.16. The first kappa shape index (κ1) is 12.2. The van der Waals surface area contributed by atoms with Gasteiger partial charge in [0, 0.05) is 0 Å². The Balaban J connectivity index is 3.41. The van der Waals surface area contributed by atoms with Crippen LogP contribution in [0.1, 0.15) is 12.8 Å². The first-order valence-corrected chi connectivity index (χ1v) is 3.52. The van der Waals surface area contributed by atoms with E-state index in [2.05, 4.69) is 4.74 Å². The van der Waals surface area contributed by atoms with Gasteiger partial charge >= 0.3 is 12.3 Å². The van der Waals surface area contributed by atoms with E-state index in [1.54, 1.807) is 0 Å². The lowest BCUT2D eigenvalue weighted by atomic mass is 10.2. The van der Waals surface area contributed by atoms with E-state index in [0.29, 0.717) is 0 Å². The zero-order chi connectivity index (χ0) is 10.5. The van der Waals surface area contributed by atoms with Gasteiger partial charge in [-0.15, -0.1) is 13.2 Å². The molecule has 0 amide bonds. The number of nitrogens with two attached hydrogens (primary N) is 1. The first-order valence-electron chi connectivity index (χ1n) is 3.52. The van der Waals surface area contributed by atoms with E-state index in [1.165, 1.54) is 0 Å². The highest BCUT2D eigenvalue weighted by Gasteiger charge is 2.28. The summed E-state index contributed by atoms with van der Waals surface area (Å²) >= 11 is 0. The van der Waals surface area contributed by atoms with E-state index in [4.69, 9.17) is 10.8 Å². The molecule has 4 nitrogen and oxygen atoms in total. The third kappa shape index (κ3) is 7.54. The summed E-state index contributed by atoms with van der Waals surface area (Å²) in [6.45, 7) is -0.565. The van der Waals surface area contributed by atoms with Crippen LogP contribution in [0.5, 0.6) is 0 Å². The van der Waals surface area contributed by atoms with Crippen molar-refractivity contribution in [2.45, 2.75) is 25.2 Å². The quantitative estimate of drug-likeness (QED) is 0.642. The summed E-state index contributed by atoms with van der Waals surface area (Å²) in [7, 11) is 0. The number of carbonyl (C=O) groups is 1. The third-order valence-corrected chi connectivity index (χ3v) is 1.24. The van der Waals surface area contributed by atoms with Crippen LogP contribution < -0.4 is 5.73 Å². The van der Waals surface area contributed by atoms with Crippen molar-refractivity contribution < 1.29 is 27.8 Å². The second-order valence-electron chi connectivity index (χ2n) is 2.38. The molecule has 3 N–H and O–H groups in total. The number of aliphatic carboxylic acids is 1. The predicted octanol–water partition coefficient (Wildman–Crippen LogP) is 0.715. The molecule has 13 heavy (non-hydrogen) atoms. The molecule has 0 aliphatic heterocycles. The fourth-order valence-corrected chi connectivity index (χ4v) is 0.615. The third-order valence-electron chi connectivity index (χ3n) is 1.24. The second kappa shape index (κ2) is 5.03. The van der Waals surface area contributed by atoms with Crippen LogP contribution in [0.2, 0.25) is 0 Å². The molecule has 0 aromatic carbocycles. The van der Waals surface area contributed by atoms with Crippen LogP contribution in [-0.2, 0) is 9.53 Å². The van der Waals surface area contributed by atoms with Crippen LogP contribution in [0, 0.1) is 0 Å². The van der Waals surface area contributed by atoms with Gasteiger partial charge in [0.1, 0.15) is 6.04 Å². The lowest BCUT2D eigenvalue weighted by Crippen LogP contribution is -2.30. The number of carboxylic acids is 1. The molecule has 0 bridgehead atoms. The number of alkyl halides is 3. The number of rotatable bonds is 5. The molecule has 0 radical (unpaired) electrons. The lowest BCUT2D eigenvalue weighted by Gasteiger charge is -2.08. The highest BCUT2D eigenvalue weighted by molar-refractivity contribution is 5.72. The van der Waals surface area contributed by atoms with Gasteiger partial charge in [-0.25, -0.2) is 0 Å². The van der Waals surface area contributed by atoms with Crippen LogP contribution in [-0.4, -0.2) is 30.1 Å². The van der Waals surface area contributed by atoms with Crippen LogP contribution in [0.4, 0.5) is 13.2 Å². The van der Waals surface area contributed by atoms with E-state index in [0.717, 1.165) is 0 Å². The van der Waals surface area contributed by atoms with Crippen LogP contribution in [0.25, 0.3) is 0 Å². The molecule has 1 atom stereocenters. The Bertz CT molecular complexity index is 171. The SMILES string of the molecule is N[C@H](CCCOC(F)(F)F)C(=O)O. The van der Waals surface area contributed by atoms with Gasteiger partial charge in [0.25, 0.3) is 0 Å². The largest absolute Gasteiger partial charge is 0.522 e. The summed E-state index contributed by atoms with van der Waals surface area (Å²) in [5.41, 5.74) is 5.03. The molecule has 0 aliphatic carbocycles. The Morgan fingerprint density at radius 1 is 1.54 bits per heavy atom. The number of ether oxygens (including phenoxy) is 1. The van der Waals surface area contributed by atoms with Crippen molar-refractivity contribution in [2.24, 2.45) is 5.73 Å². The van der Waals surface area contributed by atoms with Gasteiger partial charge in [-0.05, 0) is 12.8 Å². The Kier molecular flexibility index (Phi) is 4.71. The zero-order valence-electron chi connectivity index (χ0n) is 6.67. The summed E-state index contributed by atoms with van der Waals surface area (Å²) in [5, 5.41) is 8.25. The lowest BCUT2D eigenvalue weighted by molar-refractivity contribution is -0.324. The molecule has 0 fully saturated rings. The topological polar surface area (TPSA) is 72.5 Å². The number of carboxylic acid groups (broad SMARTS) is 1. The molecular weight excluding hydrogens is 191 g/mol. The van der Waals surface area contributed by atoms with Crippen LogP contribution in [0.15, 0.2) is 0 Å². The normalized spacial score (nSPS) is 14.2. The van der Waals surface area contributed by atoms with Gasteiger partial charge in [0.15, 0.2) is 0 Å². The Labute approximate surface area is 72.5 Å². The number of hydrogen-bond donors (Lipinski definition) is 2. The van der Waals surface area contributed by atoms with Crippen molar-refractivity contribution in [3.63, 3.8) is 0 Å². The molecule has 0 saturated carbocycles. The molecule has 0 heterocycles. The monoisotopic (exact) mass is 201 g/mol. The number of hydrogen-bond acceptors (Lipinski definition) is 3. The average Bonchev–Trinajstić information content (AvgIpc) is 1.95. The molecule has 0 aliphatic rings. The highest BCUT2D eigenvalue weighted by atomic mass is 19.4. The molecule has 0 spiro atoms. The van der Waals surface area contributed by atoms with Gasteiger partial charge < -0.3 is 10.8 Å². The van der Waals surface area contributed by atoms with Crippen molar-refractivity contribution in [2.75, 3.05) is 6.61 Å². The van der Waals surface area contributed by atoms with Crippen molar-refractivity contribution in [1.29, 1.82) is 0 Å². The summed E-state index contributed by atoms with van der Waals surface area (Å²) in [6, 6.07) is -1.13. The minimum atomic E-state index is -4.66. The van der Waals surface area contributed by atoms with Crippen LogP contribution >= 0.6 is 0 Å². The molecule has 0 aromatic heterocycles. The van der Waals surface area contributed by atoms with Crippen LogP contribution in [0.3, 0.4) is 0 Å². The maximum absolute atomic E-state index is 11.4. The van der Waals surface area contributed by atoms with Gasteiger partial charge in [0.05, 0.1) is 6.61 Å². The van der Waals surface area contributed by atoms with E-state index < -0.39 is 25.0 Å². The molecule has 0 unspecified atom stereocenters. The molecular formula is C6H10F3NO3. The summed E-state index contributed by atoms with van der Waals surface area (Å²) < 4.78 is 37.5. The Hall–Kier alpha value is -0.820. The molecule has 7 heteroatoms. The fourth-order valence-electron chi connectivity index (χ4n) is 0.615. The van der Waals surface area contributed by atoms with E-state index in [-0.39, 0.29) is 12.8 Å². The standard InChI is InChI=1S/C6H10F3NO3/c7-6(8,9)13-3-1-2-4(10)5(11)12/h4H,1-3,10H2,(H,11,12)/t4-/m1/s1. The van der Waals surface area contributed by atoms with E-state index in [9.17, 15) is 18.0 Å².